The van der Waals surface area contributed by atoms with Crippen LogP contribution in [0.2, 0.25) is 0 Å². The van der Waals surface area contributed by atoms with Crippen LogP contribution in [0.1, 0.15) is 169 Å². The third-order valence-electron chi connectivity index (χ3n) is 18.3. The Labute approximate surface area is 564 Å². The largest absolute Gasteiger partial charge is 0.456 e. The molecule has 476 valence electrons. The van der Waals surface area contributed by atoms with Gasteiger partial charge in [0, 0.05) is 32.3 Å². The van der Waals surface area contributed by atoms with Crippen molar-refractivity contribution in [1.29, 1.82) is 0 Å². The zero-order chi connectivity index (χ0) is 70.5. The molecular formula is C91H94O3. The Morgan fingerprint density at radius 1 is 0.266 bits per heavy atom. The number of fused-ring (bicyclic) bond motifs is 9. The van der Waals surface area contributed by atoms with Crippen LogP contribution in [0.3, 0.4) is 0 Å². The summed E-state index contributed by atoms with van der Waals surface area (Å²) >= 11 is 0. The van der Waals surface area contributed by atoms with Crippen molar-refractivity contribution in [2.45, 2.75) is 164 Å². The molecule has 0 atom stereocenters. The van der Waals surface area contributed by atoms with E-state index in [1.807, 2.05) is 42.5 Å². The Kier molecular flexibility index (Phi) is 15.5. The molecular weight excluding hydrogens is 1140 g/mol. The molecule has 0 N–H and O–H groups in total. The highest BCUT2D eigenvalue weighted by molar-refractivity contribution is 6.18. The molecule has 0 aliphatic heterocycles. The van der Waals surface area contributed by atoms with Gasteiger partial charge >= 0.3 is 0 Å². The topological polar surface area (TPSA) is 39.4 Å². The van der Waals surface area contributed by atoms with Gasteiger partial charge in [-0.1, -0.05) is 318 Å². The van der Waals surface area contributed by atoms with E-state index in [-0.39, 0.29) is 56.7 Å². The first-order valence-corrected chi connectivity index (χ1v) is 33.4. The quantitative estimate of drug-likeness (QED) is 0.172. The molecule has 3 heteroatoms. The molecule has 0 saturated carbocycles. The normalized spacial score (nSPS) is 13.2. The number of hydrogen-bond acceptors (Lipinski definition) is 3. The summed E-state index contributed by atoms with van der Waals surface area (Å²) in [6.07, 6.45) is 0. The lowest BCUT2D eigenvalue weighted by atomic mass is 9.73. The maximum absolute atomic E-state index is 8.78. The predicted octanol–water partition coefficient (Wildman–Crippen LogP) is 27.2. The van der Waals surface area contributed by atoms with Crippen LogP contribution < -0.4 is 0 Å². The molecule has 0 radical (unpaired) electrons. The van der Waals surface area contributed by atoms with E-state index >= 15 is 0 Å². The SMILES string of the molecule is CC(C)(C)c1cc(-c2ccc3oc4cccc(-c5ccccc5)c4c3c2C(C)(C)C)cc(C(C)(C)C)c1.CC(C)(C)c1ccc2oc3cccc(-c4ccccc4)c3c2c1C(C)(C)C.[2H]c1c([2H])c(C)c([2H])c(-c2ccc3oc4cccc(-c5ccccc5)c4c3c2C(C)(C)C)c1[2H]. The van der Waals surface area contributed by atoms with E-state index in [1.54, 1.807) is 6.92 Å². The van der Waals surface area contributed by atoms with E-state index in [2.05, 4.69) is 282 Å². The second-order valence-corrected chi connectivity index (χ2v) is 31.8. The molecule has 0 saturated heterocycles. The van der Waals surface area contributed by atoms with Gasteiger partial charge in [0.25, 0.3) is 0 Å². The van der Waals surface area contributed by atoms with Gasteiger partial charge in [-0.05, 0) is 165 Å². The summed E-state index contributed by atoms with van der Waals surface area (Å²) in [6.45, 7) is 42.7. The Bertz CT molecular complexity index is 5290. The highest BCUT2D eigenvalue weighted by atomic mass is 16.3. The lowest BCUT2D eigenvalue weighted by Gasteiger charge is -2.31. The van der Waals surface area contributed by atoms with Crippen LogP contribution in [0, 0.1) is 6.92 Å². The summed E-state index contributed by atoms with van der Waals surface area (Å²) in [4.78, 5) is 0. The van der Waals surface area contributed by atoms with Crippen molar-refractivity contribution in [2.24, 2.45) is 0 Å². The summed E-state index contributed by atoms with van der Waals surface area (Å²) in [5, 5.41) is 6.92. The molecule has 0 unspecified atom stereocenters. The molecule has 94 heavy (non-hydrogen) atoms. The van der Waals surface area contributed by atoms with Crippen molar-refractivity contribution in [3.8, 4) is 55.6 Å². The third kappa shape index (κ3) is 12.6. The molecule has 0 bridgehead atoms. The van der Waals surface area contributed by atoms with E-state index in [4.69, 9.17) is 18.7 Å². The minimum atomic E-state index is -0.343. The van der Waals surface area contributed by atoms with Gasteiger partial charge in [0.2, 0.25) is 0 Å². The average Bonchev–Trinajstić information content (AvgIpc) is 1.52. The van der Waals surface area contributed by atoms with Gasteiger partial charge in [-0.15, -0.1) is 0 Å². The Morgan fingerprint density at radius 3 is 0.957 bits per heavy atom. The number of furan rings is 3. The molecule has 14 aromatic rings. The van der Waals surface area contributed by atoms with Crippen molar-refractivity contribution < 1.29 is 18.7 Å². The number of benzene rings is 11. The van der Waals surface area contributed by atoms with Crippen molar-refractivity contribution in [3.63, 3.8) is 0 Å². The number of hydrogen-bond donors (Lipinski definition) is 0. The second-order valence-electron chi connectivity index (χ2n) is 31.8. The fourth-order valence-electron chi connectivity index (χ4n) is 13.9. The van der Waals surface area contributed by atoms with Crippen LogP contribution >= 0.6 is 0 Å². The van der Waals surface area contributed by atoms with Gasteiger partial charge in [-0.2, -0.15) is 0 Å². The Hall–Kier alpha value is -9.18. The van der Waals surface area contributed by atoms with E-state index in [0.29, 0.717) is 11.1 Å². The lowest BCUT2D eigenvalue weighted by Crippen LogP contribution is -2.22. The molecule has 11 aromatic carbocycles. The van der Waals surface area contributed by atoms with Gasteiger partial charge in [0.15, 0.2) is 0 Å². The average molecular weight is 1240 g/mol. The third-order valence-corrected chi connectivity index (χ3v) is 18.3. The van der Waals surface area contributed by atoms with E-state index in [9.17, 15) is 0 Å². The molecule has 0 spiro atoms. The van der Waals surface area contributed by atoms with Crippen LogP contribution in [-0.4, -0.2) is 0 Å². The van der Waals surface area contributed by atoms with Gasteiger partial charge in [0.05, 0.1) is 5.48 Å². The van der Waals surface area contributed by atoms with Crippen molar-refractivity contribution in [2.75, 3.05) is 0 Å². The monoisotopic (exact) mass is 1240 g/mol. The van der Waals surface area contributed by atoms with Crippen LogP contribution in [0.4, 0.5) is 0 Å². The van der Waals surface area contributed by atoms with Crippen LogP contribution in [0.25, 0.3) is 121 Å². The maximum atomic E-state index is 8.78. The van der Waals surface area contributed by atoms with Crippen LogP contribution in [0.5, 0.6) is 0 Å². The minimum Gasteiger partial charge on any atom is -0.456 e. The lowest BCUT2D eigenvalue weighted by molar-refractivity contribution is 0.534. The molecule has 3 aromatic heterocycles. The summed E-state index contributed by atoms with van der Waals surface area (Å²) in [7, 11) is 0. The zero-order valence-corrected chi connectivity index (χ0v) is 58.8. The first kappa shape index (κ1) is 59.8. The molecule has 0 fully saturated rings. The summed E-state index contributed by atoms with van der Waals surface area (Å²) in [6, 6.07) is 70.1. The summed E-state index contributed by atoms with van der Waals surface area (Å²) in [5.74, 6) is 0. The van der Waals surface area contributed by atoms with E-state index in [0.717, 1.165) is 66.5 Å². The minimum absolute atomic E-state index is 0.0166. The van der Waals surface area contributed by atoms with Gasteiger partial charge < -0.3 is 13.3 Å². The van der Waals surface area contributed by atoms with E-state index < -0.39 is 0 Å². The molecule has 0 aliphatic rings. The zero-order valence-electron chi connectivity index (χ0n) is 62.8. The predicted molar refractivity (Wildman–Crippen MR) is 405 cm³/mol. The molecule has 3 heterocycles. The smallest absolute Gasteiger partial charge is 0.136 e. The second kappa shape index (κ2) is 24.3. The van der Waals surface area contributed by atoms with Gasteiger partial charge in [0.1, 0.15) is 33.5 Å². The molecule has 3 nitrogen and oxygen atoms in total. The Morgan fingerprint density at radius 2 is 0.606 bits per heavy atom. The first-order chi connectivity index (χ1) is 46.0. The van der Waals surface area contributed by atoms with Crippen molar-refractivity contribution in [1.82, 2.24) is 0 Å². The highest BCUT2D eigenvalue weighted by Gasteiger charge is 2.32. The standard InChI is InChI=1S/C36H40O.C29H26O.C26H28O/c1-34(2,3)25-20-24(21-26(22-25)35(4,5)6)28-18-19-30-32(33(28)36(7,8)9)31-27(16-13-17-29(31)37-30)23-14-11-10-12-15-23;1-19-10-8-13-21(18-19)23-16-17-25-27(28(23)29(2,3)4)26-22(14-9-15-24(26)30-25)20-11-6-5-7-12-20;1-25(2,3)19-15-16-21-23(24(19)26(4,5)6)22-18(13-10-14-20(22)27-21)17-11-8-7-9-12-17/h10-22H,1-9H3;5-18H,1-4H3;7-16H,1-6H3/i;8D,10D,13D,18D;. The van der Waals surface area contributed by atoms with Crippen LogP contribution in [-0.2, 0) is 32.5 Å². The van der Waals surface area contributed by atoms with Crippen LogP contribution in [0.15, 0.2) is 238 Å². The van der Waals surface area contributed by atoms with Gasteiger partial charge in [-0.3, -0.25) is 0 Å². The summed E-state index contributed by atoms with van der Waals surface area (Å²) < 4.78 is 53.1. The van der Waals surface area contributed by atoms with E-state index in [1.165, 1.54) is 82.7 Å². The van der Waals surface area contributed by atoms with Crippen molar-refractivity contribution in [3.05, 3.63) is 263 Å². The first-order valence-electron chi connectivity index (χ1n) is 35.4. The maximum Gasteiger partial charge on any atom is 0.136 e. The fourth-order valence-corrected chi connectivity index (χ4v) is 13.9. The van der Waals surface area contributed by atoms with Gasteiger partial charge in [-0.25, -0.2) is 0 Å². The van der Waals surface area contributed by atoms with Crippen molar-refractivity contribution >= 4 is 65.8 Å². The molecule has 14 rings (SSSR count). The number of rotatable bonds is 5. The molecule has 0 amide bonds. The summed E-state index contributed by atoms with van der Waals surface area (Å²) in [5.41, 5.74) is 24.2. The fraction of sp³-hybridized carbons (Fsp3) is 0.275. The highest BCUT2D eigenvalue weighted by Crippen LogP contribution is 2.50. The Balaban J connectivity index is 0.000000142. The molecule has 0 aliphatic carbocycles.